The lowest BCUT2D eigenvalue weighted by Gasteiger charge is -2.22. The van der Waals surface area contributed by atoms with Crippen LogP contribution in [0.25, 0.3) is 0 Å². The van der Waals surface area contributed by atoms with E-state index in [0.29, 0.717) is 18.7 Å². The van der Waals surface area contributed by atoms with Crippen molar-refractivity contribution in [3.05, 3.63) is 52.7 Å². The highest BCUT2D eigenvalue weighted by Gasteiger charge is 2.21. The molecule has 0 atom stereocenters. The highest BCUT2D eigenvalue weighted by molar-refractivity contribution is 5.94. The highest BCUT2D eigenvalue weighted by Crippen LogP contribution is 2.17. The van der Waals surface area contributed by atoms with Gasteiger partial charge in [-0.3, -0.25) is 9.69 Å². The largest absolute Gasteiger partial charge is 0.361 e. The van der Waals surface area contributed by atoms with Gasteiger partial charge in [0.15, 0.2) is 0 Å². The molecule has 5 nitrogen and oxygen atoms in total. The van der Waals surface area contributed by atoms with Crippen LogP contribution < -0.4 is 0 Å². The summed E-state index contributed by atoms with van der Waals surface area (Å²) in [4.78, 5) is 16.7. The summed E-state index contributed by atoms with van der Waals surface area (Å²) >= 11 is 0. The Bertz CT molecular complexity index is 692. The zero-order valence-electron chi connectivity index (χ0n) is 14.1. The first-order valence-electron chi connectivity index (χ1n) is 8.23. The van der Waals surface area contributed by atoms with Crippen LogP contribution in [0.4, 0.5) is 4.39 Å². The van der Waals surface area contributed by atoms with Crippen molar-refractivity contribution in [1.82, 2.24) is 15.0 Å². The predicted octanol–water partition coefficient (Wildman–Crippen LogP) is 2.78. The molecule has 24 heavy (non-hydrogen) atoms. The van der Waals surface area contributed by atoms with Crippen molar-refractivity contribution in [3.8, 4) is 0 Å². The molecule has 0 saturated carbocycles. The van der Waals surface area contributed by atoms with Crippen molar-refractivity contribution < 1.29 is 13.7 Å². The summed E-state index contributed by atoms with van der Waals surface area (Å²) < 4.78 is 18.2. The first kappa shape index (κ1) is 16.6. The van der Waals surface area contributed by atoms with Gasteiger partial charge < -0.3 is 9.42 Å². The summed E-state index contributed by atoms with van der Waals surface area (Å²) in [6, 6.07) is 5.75. The van der Waals surface area contributed by atoms with Gasteiger partial charge in [-0.1, -0.05) is 5.16 Å². The van der Waals surface area contributed by atoms with E-state index in [1.54, 1.807) is 12.1 Å². The molecule has 1 aromatic carbocycles. The first-order valence-corrected chi connectivity index (χ1v) is 8.23. The molecule has 2 aromatic rings. The van der Waals surface area contributed by atoms with Gasteiger partial charge in [0.05, 0.1) is 5.69 Å². The molecule has 1 aromatic heterocycles. The van der Waals surface area contributed by atoms with E-state index in [2.05, 4.69) is 10.1 Å². The summed E-state index contributed by atoms with van der Waals surface area (Å²) in [5, 5.41) is 4.00. The summed E-state index contributed by atoms with van der Waals surface area (Å²) in [6.07, 6.45) is 0.913. The number of nitrogens with zero attached hydrogens (tertiary/aromatic N) is 3. The van der Waals surface area contributed by atoms with E-state index in [9.17, 15) is 9.18 Å². The third-order valence-corrected chi connectivity index (χ3v) is 4.53. The third kappa shape index (κ3) is 3.64. The Balaban J connectivity index is 1.62. The Morgan fingerprint density at radius 1 is 1.17 bits per heavy atom. The van der Waals surface area contributed by atoms with Crippen LogP contribution in [0.2, 0.25) is 0 Å². The van der Waals surface area contributed by atoms with Gasteiger partial charge in [0.25, 0.3) is 5.91 Å². The second-order valence-corrected chi connectivity index (χ2v) is 6.23. The molecule has 0 unspecified atom stereocenters. The molecule has 1 aliphatic heterocycles. The topological polar surface area (TPSA) is 49.6 Å². The fraction of sp³-hybridized carbons (Fsp3) is 0.444. The van der Waals surface area contributed by atoms with Crippen LogP contribution in [-0.2, 0) is 6.54 Å². The Kier molecular flexibility index (Phi) is 4.94. The number of hydrogen-bond acceptors (Lipinski definition) is 4. The first-order chi connectivity index (χ1) is 11.5. The van der Waals surface area contributed by atoms with Gasteiger partial charge in [-0.15, -0.1) is 0 Å². The average Bonchev–Trinajstić information content (AvgIpc) is 2.78. The predicted molar refractivity (Wildman–Crippen MR) is 88.2 cm³/mol. The minimum Gasteiger partial charge on any atom is -0.361 e. The van der Waals surface area contributed by atoms with Gasteiger partial charge in [-0.25, -0.2) is 4.39 Å². The van der Waals surface area contributed by atoms with Gasteiger partial charge in [-0.05, 0) is 44.5 Å². The molecule has 3 rings (SSSR count). The molecule has 6 heteroatoms. The van der Waals surface area contributed by atoms with Crippen molar-refractivity contribution in [2.24, 2.45) is 0 Å². The number of hydrogen-bond donors (Lipinski definition) is 0. The summed E-state index contributed by atoms with van der Waals surface area (Å²) in [5.41, 5.74) is 2.60. The monoisotopic (exact) mass is 331 g/mol. The van der Waals surface area contributed by atoms with Crippen LogP contribution in [0.1, 0.15) is 33.8 Å². The lowest BCUT2D eigenvalue weighted by atomic mass is 10.2. The second-order valence-electron chi connectivity index (χ2n) is 6.23. The fourth-order valence-electron chi connectivity index (χ4n) is 3.06. The molecule has 1 aliphatic rings. The summed E-state index contributed by atoms with van der Waals surface area (Å²) in [7, 11) is 0. The molecule has 128 valence electrons. The Hall–Kier alpha value is -2.21. The van der Waals surface area contributed by atoms with Crippen LogP contribution in [0.3, 0.4) is 0 Å². The number of aryl methyl sites for hydroxylation is 2. The molecule has 0 spiro atoms. The Morgan fingerprint density at radius 3 is 2.58 bits per heavy atom. The van der Waals surface area contributed by atoms with E-state index in [1.807, 2.05) is 18.7 Å². The van der Waals surface area contributed by atoms with Gasteiger partial charge in [-0.2, -0.15) is 0 Å². The van der Waals surface area contributed by atoms with E-state index >= 15 is 0 Å². The maximum absolute atomic E-state index is 13.0. The average molecular weight is 331 g/mol. The molecule has 1 saturated heterocycles. The quantitative estimate of drug-likeness (QED) is 0.868. The molecule has 0 bridgehead atoms. The maximum Gasteiger partial charge on any atom is 0.253 e. The van der Waals surface area contributed by atoms with E-state index in [-0.39, 0.29) is 11.7 Å². The molecular weight excluding hydrogens is 309 g/mol. The third-order valence-electron chi connectivity index (χ3n) is 4.53. The van der Waals surface area contributed by atoms with Crippen LogP contribution >= 0.6 is 0 Å². The minimum atomic E-state index is -0.326. The Morgan fingerprint density at radius 2 is 1.92 bits per heavy atom. The number of rotatable bonds is 3. The molecule has 0 radical (unpaired) electrons. The van der Waals surface area contributed by atoms with Crippen molar-refractivity contribution in [2.45, 2.75) is 26.8 Å². The van der Waals surface area contributed by atoms with Gasteiger partial charge in [0, 0.05) is 43.9 Å². The minimum absolute atomic E-state index is 0.0332. The highest BCUT2D eigenvalue weighted by atomic mass is 19.1. The normalized spacial score (nSPS) is 16.2. The number of carbonyl (C=O) groups is 1. The van der Waals surface area contributed by atoms with Crippen LogP contribution in [0.5, 0.6) is 0 Å². The number of carbonyl (C=O) groups excluding carboxylic acids is 1. The summed E-state index contributed by atoms with van der Waals surface area (Å²) in [5.74, 6) is 0.498. The van der Waals surface area contributed by atoms with Crippen molar-refractivity contribution >= 4 is 5.91 Å². The summed E-state index contributed by atoms with van der Waals surface area (Å²) in [6.45, 7) is 7.79. The second kappa shape index (κ2) is 7.13. The van der Waals surface area contributed by atoms with Crippen LogP contribution in [0.15, 0.2) is 28.8 Å². The van der Waals surface area contributed by atoms with E-state index in [0.717, 1.165) is 43.1 Å². The zero-order valence-corrected chi connectivity index (χ0v) is 14.1. The molecule has 0 aliphatic carbocycles. The standard InChI is InChI=1S/C18H22FN3O2/c1-13-17(14(2)24-20-13)12-21-8-3-9-22(11-10-21)18(23)15-4-6-16(19)7-5-15/h4-7H,3,8-12H2,1-2H3. The SMILES string of the molecule is Cc1noc(C)c1CN1CCCN(C(=O)c2ccc(F)cc2)CC1. The number of benzene rings is 1. The molecule has 1 amide bonds. The van der Waals surface area contributed by atoms with Crippen molar-refractivity contribution in [3.63, 3.8) is 0 Å². The van der Waals surface area contributed by atoms with Crippen molar-refractivity contribution in [1.29, 1.82) is 0 Å². The van der Waals surface area contributed by atoms with Gasteiger partial charge >= 0.3 is 0 Å². The smallest absolute Gasteiger partial charge is 0.253 e. The maximum atomic E-state index is 13.0. The molecule has 2 heterocycles. The molecule has 1 fully saturated rings. The lowest BCUT2D eigenvalue weighted by molar-refractivity contribution is 0.0761. The lowest BCUT2D eigenvalue weighted by Crippen LogP contribution is -2.35. The van der Waals surface area contributed by atoms with E-state index in [1.165, 1.54) is 12.1 Å². The van der Waals surface area contributed by atoms with Crippen LogP contribution in [-0.4, -0.2) is 47.0 Å². The number of aromatic nitrogens is 1. The molecule has 0 N–H and O–H groups in total. The van der Waals surface area contributed by atoms with Crippen molar-refractivity contribution in [2.75, 3.05) is 26.2 Å². The zero-order chi connectivity index (χ0) is 17.1. The van der Waals surface area contributed by atoms with E-state index in [4.69, 9.17) is 4.52 Å². The fourth-order valence-corrected chi connectivity index (χ4v) is 3.06. The van der Waals surface area contributed by atoms with Crippen LogP contribution in [0, 0.1) is 19.7 Å². The van der Waals surface area contributed by atoms with Gasteiger partial charge in [0.1, 0.15) is 11.6 Å². The van der Waals surface area contributed by atoms with E-state index < -0.39 is 0 Å². The molecular formula is C18H22FN3O2. The number of amides is 1. The van der Waals surface area contributed by atoms with Gasteiger partial charge in [0.2, 0.25) is 0 Å². The number of halogens is 1. The Labute approximate surface area is 141 Å².